The number of para-hydroxylation sites is 1. The number of nitrogens with one attached hydrogen (secondary N) is 5. The summed E-state index contributed by atoms with van der Waals surface area (Å²) in [6.07, 6.45) is -3.72. The topological polar surface area (TPSA) is 475 Å². The summed E-state index contributed by atoms with van der Waals surface area (Å²) in [4.78, 5) is 139. The van der Waals surface area contributed by atoms with E-state index in [1.165, 1.54) is 4.68 Å². The number of carbonyl (C=O) groups excluding carboxylic acids is 10. The molecule has 136 heavy (non-hydrogen) atoms. The number of ketones is 4. The number of benzene rings is 3. The van der Waals surface area contributed by atoms with Gasteiger partial charge < -0.3 is 105 Å². The lowest BCUT2D eigenvalue weighted by Gasteiger charge is -2.63. The highest BCUT2D eigenvalue weighted by Gasteiger charge is 2.80. The van der Waals surface area contributed by atoms with Crippen molar-refractivity contribution in [1.29, 1.82) is 0 Å². The second-order valence-corrected chi connectivity index (χ2v) is 37.5. The van der Waals surface area contributed by atoms with Crippen molar-refractivity contribution in [2.24, 2.45) is 46.2 Å². The molecule has 36 heteroatoms. The van der Waals surface area contributed by atoms with Crippen molar-refractivity contribution in [2.75, 3.05) is 95.9 Å². The van der Waals surface area contributed by atoms with Crippen LogP contribution in [-0.4, -0.2) is 252 Å². The summed E-state index contributed by atoms with van der Waals surface area (Å²) < 4.78 is 89.3. The minimum Gasteiger partial charge on any atom is -0.445 e. The van der Waals surface area contributed by atoms with E-state index in [4.69, 9.17) is 48.4 Å². The molecule has 1 aromatic heterocycles. The van der Waals surface area contributed by atoms with E-state index in [1.807, 2.05) is 55.5 Å². The minimum atomic E-state index is -2.31. The van der Waals surface area contributed by atoms with Gasteiger partial charge in [0, 0.05) is 104 Å². The van der Waals surface area contributed by atoms with Crippen LogP contribution in [0.3, 0.4) is 0 Å². The molecule has 2 unspecified atom stereocenters. The average molecular weight is 1900 g/mol. The Balaban J connectivity index is 0.601. The van der Waals surface area contributed by atoms with Crippen LogP contribution in [0.25, 0.3) is 0 Å². The van der Waals surface area contributed by atoms with E-state index in [1.54, 1.807) is 75.1 Å². The number of anilines is 2. The Kier molecular flexibility index (Phi) is 37.8. The maximum Gasteiger partial charge on any atom is 0.407 e. The van der Waals surface area contributed by atoms with Crippen molar-refractivity contribution in [3.8, 4) is 11.8 Å². The lowest BCUT2D eigenvalue weighted by molar-refractivity contribution is -0.254. The van der Waals surface area contributed by atoms with E-state index in [0.29, 0.717) is 98.6 Å². The Hall–Kier alpha value is -9.98. The minimum absolute atomic E-state index is 0.00549. The molecule has 4 aromatic rings. The number of ether oxygens (including phenoxy) is 9. The Labute approximate surface area is 791 Å². The number of hydrogen-bond donors (Lipinski definition) is 11. The molecule has 7 amide bonds. The Morgan fingerprint density at radius 3 is 2.15 bits per heavy atom. The number of nitrogens with zero attached hydrogens (tertiary/aromatic N) is 4. The monoisotopic (exact) mass is 1900 g/mol. The van der Waals surface area contributed by atoms with Gasteiger partial charge in [-0.05, 0) is 148 Å². The Morgan fingerprint density at radius 2 is 1.42 bits per heavy atom. The standard InChI is InChI=1S/C100H134F2N10O24/c1-7-19-86-135-83-54-72-73-53-75(101)74-50-62(4)37-39-97(74,5)99(73,102)81(117)55-98(72,6)100(83,136-86)82(118)56-106-96(127)133-59-63-29-33-69(34-30-63)107-92(124)67(24-17-41-105-95(103)126)52-78(116)87(61(2)3)108-93(125)66(22-15-16-40-104-84(119)60-132-79-28-10-8-9-27-77-88(79)109-110-112(77)94-91(123)90(122)89(121)80(58-113)134-94)51-71(115)38-43-129-45-47-131-49-48-130-46-44-128-42-18-25-70(114)35-36-85(120)111-57-68-23-12-11-20-64(68)31-32-65-21-13-14-26-76(65)111/h11-14,20-21,23,26,29-30,33-34,37,39,50,61,66-67,72-73,75,79-81,83,86-87,89-91,94,113,117,121-123H,4,7-10,15-19,22,24-25,27-28,35-36,38,40-49,51-60H2,1-3,5-6H3,(H,104,119)(H,106,127)(H,107,124)(H,108,125)(H3,103,105,126)/t66-,67+,72-,73-,75-,79?,80+,81-,83+,86?,87-,89-,90-,91+,94+,97-,98-,99-,100+/m0/s1. The summed E-state index contributed by atoms with van der Waals surface area (Å²) in [5, 5.41) is 76.2. The normalized spacial score (nSPS) is 27.0. The molecule has 12 rings (SSSR count). The molecule has 3 saturated carbocycles. The predicted octanol–water partition coefficient (Wildman–Crippen LogP) is 8.61. The molecule has 34 nitrogen and oxygen atoms in total. The first-order valence-corrected chi connectivity index (χ1v) is 47.9. The number of hydrogen-bond acceptors (Lipinski definition) is 26. The van der Waals surface area contributed by atoms with E-state index in [-0.39, 0.29) is 166 Å². The predicted molar refractivity (Wildman–Crippen MR) is 492 cm³/mol. The molecule has 19 atom stereocenters. The summed E-state index contributed by atoms with van der Waals surface area (Å²) in [5.74, 6) is -0.983. The van der Waals surface area contributed by atoms with Gasteiger partial charge in [-0.25, -0.2) is 23.1 Å². The molecule has 2 saturated heterocycles. The number of alkyl halides is 2. The summed E-state index contributed by atoms with van der Waals surface area (Å²) in [5.41, 5.74) is 4.28. The zero-order valence-corrected chi connectivity index (χ0v) is 78.4. The van der Waals surface area contributed by atoms with Crippen LogP contribution in [-0.2, 0) is 101 Å². The van der Waals surface area contributed by atoms with E-state index < -0.39 is 174 Å². The van der Waals surface area contributed by atoms with Crippen LogP contribution < -0.4 is 37.2 Å². The number of Topliss-reactive ketones (excluding diaryl/α,β-unsaturated/α-hetero) is 4. The summed E-state index contributed by atoms with van der Waals surface area (Å²) in [6, 6.07) is 19.5. The summed E-state index contributed by atoms with van der Waals surface area (Å²) in [7, 11) is 0. The van der Waals surface area contributed by atoms with Gasteiger partial charge in [0.1, 0.15) is 67.2 Å². The highest BCUT2D eigenvalue weighted by Crippen LogP contribution is 2.72. The average Bonchev–Trinajstić information content (AvgIpc) is 1.45. The molecule has 5 aliphatic carbocycles. The second-order valence-electron chi connectivity index (χ2n) is 37.5. The molecule has 3 aliphatic heterocycles. The van der Waals surface area contributed by atoms with Crippen LogP contribution in [0.4, 0.5) is 29.7 Å². The van der Waals surface area contributed by atoms with Crippen LogP contribution in [0.15, 0.2) is 109 Å². The fourth-order valence-corrected chi connectivity index (χ4v) is 20.6. The fraction of sp³-hybridized carbons (Fsp3) is 0.620. The molecule has 12 N–H and O–H groups in total. The third-order valence-electron chi connectivity index (χ3n) is 27.9. The van der Waals surface area contributed by atoms with Crippen molar-refractivity contribution < 1.29 is 125 Å². The van der Waals surface area contributed by atoms with Gasteiger partial charge in [-0.15, -0.1) is 5.10 Å². The largest absolute Gasteiger partial charge is 0.445 e. The van der Waals surface area contributed by atoms with Gasteiger partial charge in [-0.3, -0.25) is 38.4 Å². The third-order valence-corrected chi connectivity index (χ3v) is 27.9. The lowest BCUT2D eigenvalue weighted by Crippen LogP contribution is -2.71. The first-order chi connectivity index (χ1) is 65.3. The SMILES string of the molecule is C=C1C=C[C@@]2(C)C(=C1)[C@@H](F)C[C@H]1[C@@H]3C[C@H]4OC(CCC)O[C@@]4(C(=O)CNC(=O)OCc4ccc(NC(=O)[C@H](CCCNC(N)=O)CC(=O)[C@@H](NC(=O)[C@@H](CCCCNC(=O)COC5CCCCCc6c5nnn6[C@@H]5O[C@H](CO)[C@H](O)[C@H](O)[C@H]5O)CC(=O)CCOCCOCCOCCOCCCC(=O)CCC(=O)N5Cc6ccccc6C#Cc6ccccc65)C(C)C)cc4)[C@@]3(C)C[C@H](O)[C@@]12F. The van der Waals surface area contributed by atoms with Gasteiger partial charge in [0.05, 0.1) is 95.6 Å². The Morgan fingerprint density at radius 1 is 0.728 bits per heavy atom. The van der Waals surface area contributed by atoms with Crippen LogP contribution in [0.1, 0.15) is 215 Å². The number of allylic oxidation sites excluding steroid dienone is 5. The van der Waals surface area contributed by atoms with Crippen LogP contribution >= 0.6 is 0 Å². The number of halogens is 2. The number of urea groups is 1. The van der Waals surface area contributed by atoms with E-state index in [0.717, 1.165) is 36.0 Å². The lowest BCUT2D eigenvalue weighted by atomic mass is 9.44. The molecule has 742 valence electrons. The summed E-state index contributed by atoms with van der Waals surface area (Å²) >= 11 is 0. The van der Waals surface area contributed by atoms with Crippen molar-refractivity contribution >= 4 is 70.3 Å². The summed E-state index contributed by atoms with van der Waals surface area (Å²) in [6.45, 7) is 13.1. The van der Waals surface area contributed by atoms with Gasteiger partial charge in [0.2, 0.25) is 23.6 Å². The first-order valence-electron chi connectivity index (χ1n) is 47.9. The molecule has 0 radical (unpaired) electrons. The van der Waals surface area contributed by atoms with Crippen LogP contribution in [0.5, 0.6) is 0 Å². The maximum absolute atomic E-state index is 18.2. The van der Waals surface area contributed by atoms with Gasteiger partial charge in [0.25, 0.3) is 0 Å². The molecule has 0 spiro atoms. The molecular weight excluding hydrogens is 1760 g/mol. The Bertz CT molecular complexity index is 4960. The van der Waals surface area contributed by atoms with Crippen molar-refractivity contribution in [1.82, 2.24) is 36.3 Å². The number of nitrogens with two attached hydrogens (primary N) is 1. The van der Waals surface area contributed by atoms with E-state index in [2.05, 4.69) is 55.3 Å². The number of unbranched alkanes of at least 4 members (excludes halogenated alkanes) is 1. The first kappa shape index (κ1) is 105. The number of alkyl carbamates (subject to hydrolysis) is 1. The van der Waals surface area contributed by atoms with Gasteiger partial charge >= 0.3 is 12.1 Å². The second kappa shape index (κ2) is 49.0. The van der Waals surface area contributed by atoms with Crippen LogP contribution in [0.2, 0.25) is 0 Å². The zero-order chi connectivity index (χ0) is 97.4. The number of aliphatic hydroxyl groups excluding tert-OH is 5. The van der Waals surface area contributed by atoms with Crippen LogP contribution in [0, 0.1) is 52.3 Å². The molecular formula is C100H134F2N10O24. The highest BCUT2D eigenvalue weighted by molar-refractivity contribution is 5.99. The number of fused-ring (bicyclic) bond motifs is 10. The highest BCUT2D eigenvalue weighted by atomic mass is 19.1. The molecule has 5 fully saturated rings. The van der Waals surface area contributed by atoms with Gasteiger partial charge in [-0.1, -0.05) is 138 Å². The number of aromatic nitrogens is 3. The van der Waals surface area contributed by atoms with Gasteiger partial charge in [0.15, 0.2) is 35.4 Å². The third kappa shape index (κ3) is 25.4. The van der Waals surface area contributed by atoms with Crippen molar-refractivity contribution in [2.45, 2.75) is 268 Å². The molecule has 3 aromatic carbocycles. The van der Waals surface area contributed by atoms with Crippen molar-refractivity contribution in [3.63, 3.8) is 0 Å². The number of aliphatic hydroxyl groups is 5. The number of rotatable bonds is 50. The van der Waals surface area contributed by atoms with E-state index in [9.17, 15) is 73.5 Å². The molecule has 8 aliphatic rings. The van der Waals surface area contributed by atoms with E-state index >= 15 is 8.78 Å². The zero-order valence-electron chi connectivity index (χ0n) is 78.4. The van der Waals surface area contributed by atoms with Crippen molar-refractivity contribution in [3.05, 3.63) is 142 Å². The number of carbonyl (C=O) groups is 10. The maximum atomic E-state index is 18.2. The fourth-order valence-electron chi connectivity index (χ4n) is 20.6. The smallest absolute Gasteiger partial charge is 0.407 e. The molecule has 4 heterocycles. The number of amides is 7. The van der Waals surface area contributed by atoms with Gasteiger partial charge in [-0.2, -0.15) is 0 Å². The number of primary amides is 1. The molecule has 0 bridgehead atoms. The quantitative estimate of drug-likeness (QED) is 0.0145.